The number of rotatable bonds is 4. The molecule has 0 saturated carbocycles. The van der Waals surface area contributed by atoms with Gasteiger partial charge in [-0.15, -0.1) is 0 Å². The minimum Gasteiger partial charge on any atom is -0.382 e. The lowest BCUT2D eigenvalue weighted by Crippen LogP contribution is -2.16. The lowest BCUT2D eigenvalue weighted by molar-refractivity contribution is 0.102. The Bertz CT molecular complexity index is 1550. The Balaban J connectivity index is 1.55. The highest BCUT2D eigenvalue weighted by molar-refractivity contribution is 6.31. The first-order valence-electron chi connectivity index (χ1n) is 9.93. The normalized spacial score (nSPS) is 11.1. The molecular formula is C23H17ClFN7O. The highest BCUT2D eigenvalue weighted by Crippen LogP contribution is 2.33. The number of benzene rings is 2. The number of hydrogen-bond donors (Lipinski definition) is 3. The van der Waals surface area contributed by atoms with E-state index < -0.39 is 5.82 Å². The number of fused-ring (bicyclic) bond motifs is 2. The molecule has 3 aromatic heterocycles. The molecule has 0 spiro atoms. The fourth-order valence-electron chi connectivity index (χ4n) is 3.66. The monoisotopic (exact) mass is 461 g/mol. The maximum atomic E-state index is 14.4. The molecule has 1 amide bonds. The number of nitrogens with zero attached hydrogens (tertiary/aromatic N) is 4. The molecule has 0 aliphatic carbocycles. The van der Waals surface area contributed by atoms with Crippen molar-refractivity contribution in [2.45, 2.75) is 6.92 Å². The van der Waals surface area contributed by atoms with Crippen LogP contribution in [0.4, 0.5) is 27.4 Å². The molecule has 0 saturated heterocycles. The number of nitrogen functional groups attached to an aromatic ring is 1. The molecule has 10 heteroatoms. The topological polar surface area (TPSA) is 110 Å². The van der Waals surface area contributed by atoms with Crippen molar-refractivity contribution < 1.29 is 9.18 Å². The van der Waals surface area contributed by atoms with Crippen molar-refractivity contribution in [2.75, 3.05) is 16.4 Å². The second kappa shape index (κ2) is 8.03. The molecule has 0 bridgehead atoms. The maximum Gasteiger partial charge on any atom is 0.274 e. The lowest BCUT2D eigenvalue weighted by atomic mass is 10.1. The van der Waals surface area contributed by atoms with Gasteiger partial charge in [-0.1, -0.05) is 29.8 Å². The van der Waals surface area contributed by atoms with Crippen LogP contribution < -0.4 is 16.4 Å². The minimum atomic E-state index is -0.569. The summed E-state index contributed by atoms with van der Waals surface area (Å²) in [6.07, 6.45) is 2.88. The third-order valence-corrected chi connectivity index (χ3v) is 5.60. The first-order chi connectivity index (χ1) is 15.9. The number of carbonyl (C=O) groups excluding carboxylic acids is 1. The van der Waals surface area contributed by atoms with Gasteiger partial charge in [0, 0.05) is 17.0 Å². The van der Waals surface area contributed by atoms with Gasteiger partial charge in [0.1, 0.15) is 23.4 Å². The number of amides is 1. The van der Waals surface area contributed by atoms with Crippen LogP contribution in [-0.2, 0) is 0 Å². The number of aromatic nitrogens is 4. The van der Waals surface area contributed by atoms with Crippen LogP contribution in [0.2, 0.25) is 5.02 Å². The summed E-state index contributed by atoms with van der Waals surface area (Å²) in [6, 6.07) is 13.5. The molecule has 0 fully saturated rings. The van der Waals surface area contributed by atoms with Gasteiger partial charge in [-0.3, -0.25) is 4.79 Å². The molecule has 0 aliphatic heterocycles. The molecule has 8 nitrogen and oxygen atoms in total. The van der Waals surface area contributed by atoms with Crippen LogP contribution in [-0.4, -0.2) is 25.5 Å². The standard InChI is InChI=1S/C23H17ClFN7O/c1-12-5-6-14-13(9-10-27-22(14)30-16-4-2-3-15(24)19(16)25)20(12)31-23(33)18-8-7-17-21(26)28-11-29-32(17)18/h2-11H,1H3,(H,27,30)(H,31,33)(H2,26,28,29). The van der Waals surface area contributed by atoms with Crippen molar-refractivity contribution in [3.05, 3.63) is 83.2 Å². The van der Waals surface area contributed by atoms with Crippen LogP contribution in [0.1, 0.15) is 16.1 Å². The van der Waals surface area contributed by atoms with E-state index in [1.54, 1.807) is 36.5 Å². The lowest BCUT2D eigenvalue weighted by Gasteiger charge is -2.15. The number of anilines is 4. The molecule has 0 unspecified atom stereocenters. The molecule has 33 heavy (non-hydrogen) atoms. The Kier molecular flexibility index (Phi) is 5.02. The predicted molar refractivity (Wildman–Crippen MR) is 127 cm³/mol. The van der Waals surface area contributed by atoms with Crippen molar-refractivity contribution in [2.24, 2.45) is 0 Å². The Labute approximate surface area is 192 Å². The molecule has 3 heterocycles. The van der Waals surface area contributed by atoms with E-state index >= 15 is 0 Å². The average Bonchev–Trinajstić information content (AvgIpc) is 3.24. The Morgan fingerprint density at radius 2 is 1.94 bits per heavy atom. The number of carbonyl (C=O) groups is 1. The van der Waals surface area contributed by atoms with Gasteiger partial charge in [0.05, 0.1) is 16.4 Å². The first kappa shape index (κ1) is 20.7. The van der Waals surface area contributed by atoms with Gasteiger partial charge in [-0.05, 0) is 42.8 Å². The number of nitrogens with one attached hydrogen (secondary N) is 2. The van der Waals surface area contributed by atoms with Gasteiger partial charge >= 0.3 is 0 Å². The number of nitrogens with two attached hydrogens (primary N) is 1. The predicted octanol–water partition coefficient (Wildman–Crippen LogP) is 4.96. The van der Waals surface area contributed by atoms with Crippen LogP contribution in [0.15, 0.2) is 61.1 Å². The fraction of sp³-hybridized carbons (Fsp3) is 0.0435. The van der Waals surface area contributed by atoms with Crippen LogP contribution in [0.5, 0.6) is 0 Å². The quantitative estimate of drug-likeness (QED) is 0.349. The smallest absolute Gasteiger partial charge is 0.274 e. The molecule has 5 rings (SSSR count). The highest BCUT2D eigenvalue weighted by atomic mass is 35.5. The van der Waals surface area contributed by atoms with Gasteiger partial charge in [-0.2, -0.15) is 5.10 Å². The molecule has 0 radical (unpaired) electrons. The largest absolute Gasteiger partial charge is 0.382 e. The Morgan fingerprint density at radius 3 is 2.79 bits per heavy atom. The zero-order valence-electron chi connectivity index (χ0n) is 17.3. The van der Waals surface area contributed by atoms with Crippen molar-refractivity contribution in [3.63, 3.8) is 0 Å². The Morgan fingerprint density at radius 1 is 1.09 bits per heavy atom. The second-order valence-electron chi connectivity index (χ2n) is 7.35. The molecule has 4 N–H and O–H groups in total. The summed E-state index contributed by atoms with van der Waals surface area (Å²) in [5.41, 5.74) is 8.36. The van der Waals surface area contributed by atoms with Gasteiger partial charge < -0.3 is 16.4 Å². The third kappa shape index (κ3) is 3.58. The van der Waals surface area contributed by atoms with Gasteiger partial charge in [0.15, 0.2) is 11.6 Å². The van der Waals surface area contributed by atoms with Crippen LogP contribution >= 0.6 is 11.6 Å². The van der Waals surface area contributed by atoms with E-state index in [9.17, 15) is 9.18 Å². The van der Waals surface area contributed by atoms with Crippen LogP contribution in [0.25, 0.3) is 16.3 Å². The maximum absolute atomic E-state index is 14.4. The summed E-state index contributed by atoms with van der Waals surface area (Å²) in [7, 11) is 0. The van der Waals surface area contributed by atoms with Crippen molar-refractivity contribution in [1.29, 1.82) is 0 Å². The van der Waals surface area contributed by atoms with Gasteiger partial charge in [0.25, 0.3) is 5.91 Å². The van der Waals surface area contributed by atoms with E-state index in [1.165, 1.54) is 16.9 Å². The second-order valence-corrected chi connectivity index (χ2v) is 7.76. The summed E-state index contributed by atoms with van der Waals surface area (Å²) in [4.78, 5) is 21.4. The zero-order valence-corrected chi connectivity index (χ0v) is 18.1. The first-order valence-corrected chi connectivity index (χ1v) is 10.3. The van der Waals surface area contributed by atoms with Gasteiger partial charge in [-0.25, -0.2) is 18.9 Å². The summed E-state index contributed by atoms with van der Waals surface area (Å²) in [6.45, 7) is 1.88. The SMILES string of the molecule is Cc1ccc2c(Nc3cccc(Cl)c3F)nccc2c1NC(=O)c1ccc2c(N)ncnn12. The molecule has 2 aromatic carbocycles. The van der Waals surface area contributed by atoms with E-state index in [4.69, 9.17) is 17.3 Å². The summed E-state index contributed by atoms with van der Waals surface area (Å²) in [5, 5.41) is 11.5. The van der Waals surface area contributed by atoms with E-state index in [0.29, 0.717) is 28.1 Å². The molecule has 0 aliphatic rings. The van der Waals surface area contributed by atoms with E-state index in [0.717, 1.165) is 10.9 Å². The molecule has 0 atom stereocenters. The minimum absolute atomic E-state index is 0.00732. The average molecular weight is 462 g/mol. The highest BCUT2D eigenvalue weighted by Gasteiger charge is 2.17. The van der Waals surface area contributed by atoms with E-state index in [1.807, 2.05) is 19.1 Å². The molecule has 5 aromatic rings. The Hall–Kier alpha value is -4.24. The number of aryl methyl sites for hydroxylation is 1. The number of hydrogen-bond acceptors (Lipinski definition) is 6. The summed E-state index contributed by atoms with van der Waals surface area (Å²) in [5.74, 6) is -0.228. The third-order valence-electron chi connectivity index (χ3n) is 5.31. The van der Waals surface area contributed by atoms with Crippen LogP contribution in [0, 0.1) is 12.7 Å². The summed E-state index contributed by atoms with van der Waals surface area (Å²) >= 11 is 5.90. The van der Waals surface area contributed by atoms with Crippen molar-refractivity contribution in [1.82, 2.24) is 19.6 Å². The van der Waals surface area contributed by atoms with Gasteiger partial charge in [0.2, 0.25) is 0 Å². The molecule has 164 valence electrons. The zero-order chi connectivity index (χ0) is 23.1. The van der Waals surface area contributed by atoms with Crippen molar-refractivity contribution in [3.8, 4) is 0 Å². The van der Waals surface area contributed by atoms with Crippen molar-refractivity contribution >= 4 is 56.8 Å². The number of pyridine rings is 1. The molecular weight excluding hydrogens is 445 g/mol. The van der Waals surface area contributed by atoms with Crippen LogP contribution in [0.3, 0.4) is 0 Å². The van der Waals surface area contributed by atoms with E-state index in [2.05, 4.69) is 25.7 Å². The van der Waals surface area contributed by atoms with E-state index in [-0.39, 0.29) is 22.4 Å². The number of halogens is 2. The fourth-order valence-corrected chi connectivity index (χ4v) is 3.83. The summed E-state index contributed by atoms with van der Waals surface area (Å²) < 4.78 is 15.9.